The van der Waals surface area contributed by atoms with E-state index >= 15 is 0 Å². The van der Waals surface area contributed by atoms with Crippen molar-refractivity contribution in [2.24, 2.45) is 0 Å². The summed E-state index contributed by atoms with van der Waals surface area (Å²) < 4.78 is 31.3. The number of rotatable bonds is 9. The van der Waals surface area contributed by atoms with Crippen molar-refractivity contribution in [3.8, 4) is 34.4 Å². The highest BCUT2D eigenvalue weighted by atomic mass is 16.6. The number of carbonyl (C=O) groups is 1. The van der Waals surface area contributed by atoms with E-state index in [1.807, 2.05) is 0 Å². The number of aromatic nitrogens is 2. The second-order valence-corrected chi connectivity index (χ2v) is 5.68. The average Bonchev–Trinajstić information content (AvgIpc) is 3.24. The second-order valence-electron chi connectivity index (χ2n) is 5.68. The van der Waals surface area contributed by atoms with Gasteiger partial charge in [-0.2, -0.15) is 4.98 Å². The van der Waals surface area contributed by atoms with E-state index in [4.69, 9.17) is 28.2 Å². The van der Waals surface area contributed by atoms with Crippen LogP contribution in [0.2, 0.25) is 0 Å². The van der Waals surface area contributed by atoms with E-state index in [1.165, 1.54) is 14.2 Å². The molecule has 3 aromatic rings. The van der Waals surface area contributed by atoms with Gasteiger partial charge in [0.2, 0.25) is 5.82 Å². The lowest BCUT2D eigenvalue weighted by molar-refractivity contribution is -0.148. The number of nitrogens with zero attached hydrogens (tertiary/aromatic N) is 2. The highest BCUT2D eigenvalue weighted by molar-refractivity contribution is 5.71. The van der Waals surface area contributed by atoms with Gasteiger partial charge >= 0.3 is 5.97 Å². The van der Waals surface area contributed by atoms with Crippen LogP contribution in [0.1, 0.15) is 5.89 Å². The minimum absolute atomic E-state index is 0.142. The molecular weight excluding hydrogens is 380 g/mol. The zero-order chi connectivity index (χ0) is 20.6. The average molecular weight is 400 g/mol. The van der Waals surface area contributed by atoms with Gasteiger partial charge in [-0.1, -0.05) is 17.3 Å². The maximum absolute atomic E-state index is 11.9. The number of hydrogen-bond donors (Lipinski definition) is 0. The third-order valence-electron chi connectivity index (χ3n) is 3.89. The topological polar surface area (TPSA) is 102 Å². The number of benzene rings is 2. The molecule has 152 valence electrons. The number of methoxy groups -OCH3 is 3. The fourth-order valence-electron chi connectivity index (χ4n) is 2.46. The molecule has 0 N–H and O–H groups in total. The molecule has 0 aliphatic rings. The number of ether oxygens (including phenoxy) is 5. The van der Waals surface area contributed by atoms with E-state index in [1.54, 1.807) is 49.6 Å². The molecule has 1 heterocycles. The van der Waals surface area contributed by atoms with Gasteiger partial charge in [0.25, 0.3) is 5.89 Å². The molecule has 0 spiro atoms. The molecule has 0 saturated heterocycles. The highest BCUT2D eigenvalue weighted by Gasteiger charge is 2.16. The van der Waals surface area contributed by atoms with E-state index in [0.717, 1.165) is 0 Å². The van der Waals surface area contributed by atoms with Crippen molar-refractivity contribution >= 4 is 5.97 Å². The summed E-state index contributed by atoms with van der Waals surface area (Å²) in [6.45, 7) is -0.465. The molecular formula is C20H20N2O7. The summed E-state index contributed by atoms with van der Waals surface area (Å²) >= 11 is 0. The van der Waals surface area contributed by atoms with Crippen LogP contribution in [-0.4, -0.2) is 44.0 Å². The highest BCUT2D eigenvalue weighted by Crippen LogP contribution is 2.31. The Hall–Kier alpha value is -3.75. The molecule has 9 heteroatoms. The van der Waals surface area contributed by atoms with Crippen LogP contribution in [0.3, 0.4) is 0 Å². The fraction of sp³-hybridized carbons (Fsp3) is 0.250. The van der Waals surface area contributed by atoms with Gasteiger partial charge in [0, 0.05) is 6.07 Å². The summed E-state index contributed by atoms with van der Waals surface area (Å²) in [6, 6.07) is 12.2. The standard InChI is InChI=1S/C20H20N2O7/c1-24-13-8-9-14(17(10-13)26-3)20-21-18(29-22-20)11-28-19(23)12-27-16-7-5-4-6-15(16)25-2/h4-10H,11-12H2,1-3H3. The van der Waals surface area contributed by atoms with Crippen molar-refractivity contribution in [1.82, 2.24) is 10.1 Å². The van der Waals surface area contributed by atoms with Crippen LogP contribution < -0.4 is 18.9 Å². The van der Waals surface area contributed by atoms with Gasteiger partial charge < -0.3 is 28.2 Å². The number of para-hydroxylation sites is 2. The molecule has 0 unspecified atom stereocenters. The summed E-state index contributed by atoms with van der Waals surface area (Å²) in [5, 5.41) is 3.90. The lowest BCUT2D eigenvalue weighted by Crippen LogP contribution is -2.15. The second kappa shape index (κ2) is 9.45. The van der Waals surface area contributed by atoms with Crippen LogP contribution in [0.25, 0.3) is 11.4 Å². The Kier molecular flexibility index (Phi) is 6.51. The van der Waals surface area contributed by atoms with Crippen LogP contribution >= 0.6 is 0 Å². The molecule has 0 atom stereocenters. The van der Waals surface area contributed by atoms with Gasteiger partial charge in [0.1, 0.15) is 11.5 Å². The lowest BCUT2D eigenvalue weighted by Gasteiger charge is -2.09. The number of esters is 1. The Morgan fingerprint density at radius 2 is 1.72 bits per heavy atom. The zero-order valence-electron chi connectivity index (χ0n) is 16.2. The largest absolute Gasteiger partial charge is 0.497 e. The summed E-state index contributed by atoms with van der Waals surface area (Å²) in [5.74, 6) is 1.99. The molecule has 0 bridgehead atoms. The van der Waals surface area contributed by atoms with Gasteiger partial charge in [-0.05, 0) is 24.3 Å². The van der Waals surface area contributed by atoms with Gasteiger partial charge in [-0.25, -0.2) is 4.79 Å². The van der Waals surface area contributed by atoms with Crippen molar-refractivity contribution in [2.75, 3.05) is 27.9 Å². The first-order chi connectivity index (χ1) is 14.1. The zero-order valence-corrected chi connectivity index (χ0v) is 16.2. The molecule has 0 radical (unpaired) electrons. The predicted octanol–water partition coefficient (Wildman–Crippen LogP) is 2.88. The van der Waals surface area contributed by atoms with Crippen LogP contribution in [0.5, 0.6) is 23.0 Å². The van der Waals surface area contributed by atoms with E-state index in [0.29, 0.717) is 34.4 Å². The molecule has 29 heavy (non-hydrogen) atoms. The lowest BCUT2D eigenvalue weighted by atomic mass is 10.2. The number of hydrogen-bond acceptors (Lipinski definition) is 9. The molecule has 9 nitrogen and oxygen atoms in total. The molecule has 0 saturated carbocycles. The van der Waals surface area contributed by atoms with Gasteiger partial charge in [0.15, 0.2) is 24.7 Å². The van der Waals surface area contributed by atoms with E-state index < -0.39 is 5.97 Å². The quantitative estimate of drug-likeness (QED) is 0.502. The molecule has 3 rings (SSSR count). The summed E-state index contributed by atoms with van der Waals surface area (Å²) in [4.78, 5) is 16.2. The van der Waals surface area contributed by atoms with Crippen LogP contribution in [0.15, 0.2) is 47.0 Å². The van der Waals surface area contributed by atoms with Crippen LogP contribution in [-0.2, 0) is 16.1 Å². The SMILES string of the molecule is COc1ccc(-c2noc(COC(=O)COc3ccccc3OC)n2)c(OC)c1. The Bertz CT molecular complexity index is 971. The third-order valence-corrected chi connectivity index (χ3v) is 3.89. The van der Waals surface area contributed by atoms with Crippen LogP contribution in [0.4, 0.5) is 0 Å². The fourth-order valence-corrected chi connectivity index (χ4v) is 2.46. The Balaban J connectivity index is 1.57. The third kappa shape index (κ3) is 4.95. The van der Waals surface area contributed by atoms with Crippen LogP contribution in [0, 0.1) is 0 Å². The number of carbonyl (C=O) groups excluding carboxylic acids is 1. The summed E-state index contributed by atoms with van der Waals surface area (Å²) in [6.07, 6.45) is 0. The molecule has 0 fully saturated rings. The van der Waals surface area contributed by atoms with E-state index in [-0.39, 0.29) is 19.1 Å². The maximum Gasteiger partial charge on any atom is 0.344 e. The summed E-state index contributed by atoms with van der Waals surface area (Å²) in [5.41, 5.74) is 0.620. The minimum atomic E-state index is -0.585. The smallest absolute Gasteiger partial charge is 0.344 e. The van der Waals surface area contributed by atoms with Gasteiger partial charge in [-0.3, -0.25) is 0 Å². The van der Waals surface area contributed by atoms with E-state index in [9.17, 15) is 4.79 Å². The molecule has 0 amide bonds. The van der Waals surface area contributed by atoms with Crippen molar-refractivity contribution in [1.29, 1.82) is 0 Å². The van der Waals surface area contributed by atoms with E-state index in [2.05, 4.69) is 10.1 Å². The monoisotopic (exact) mass is 400 g/mol. The van der Waals surface area contributed by atoms with Crippen molar-refractivity contribution < 1.29 is 33.0 Å². The van der Waals surface area contributed by atoms with Crippen molar-refractivity contribution in [3.63, 3.8) is 0 Å². The Morgan fingerprint density at radius 1 is 0.966 bits per heavy atom. The Labute approximate surface area is 167 Å². The molecule has 1 aromatic heterocycles. The summed E-state index contributed by atoms with van der Waals surface area (Å²) in [7, 11) is 4.61. The molecule has 2 aromatic carbocycles. The van der Waals surface area contributed by atoms with Gasteiger partial charge in [-0.15, -0.1) is 0 Å². The first-order valence-corrected chi connectivity index (χ1v) is 8.61. The molecule has 0 aliphatic heterocycles. The predicted molar refractivity (Wildman–Crippen MR) is 101 cm³/mol. The first-order valence-electron chi connectivity index (χ1n) is 8.61. The Morgan fingerprint density at radius 3 is 2.45 bits per heavy atom. The van der Waals surface area contributed by atoms with Crippen molar-refractivity contribution in [2.45, 2.75) is 6.61 Å². The minimum Gasteiger partial charge on any atom is -0.497 e. The van der Waals surface area contributed by atoms with Gasteiger partial charge in [0.05, 0.1) is 26.9 Å². The molecule has 0 aliphatic carbocycles. The first kappa shape index (κ1) is 20.0. The normalized spacial score (nSPS) is 10.3. The maximum atomic E-state index is 11.9. The van der Waals surface area contributed by atoms with Crippen molar-refractivity contribution in [3.05, 3.63) is 48.4 Å².